The van der Waals surface area contributed by atoms with Gasteiger partial charge in [0.15, 0.2) is 6.29 Å². The minimum atomic E-state index is -1.49. The largest absolute Gasteiger partial charge is 0.388 e. The lowest BCUT2D eigenvalue weighted by Gasteiger charge is -2.38. The van der Waals surface area contributed by atoms with Crippen LogP contribution >= 0.6 is 24.0 Å². The molecule has 19 heavy (non-hydrogen) atoms. The monoisotopic (exact) mass is 311 g/mol. The highest BCUT2D eigenvalue weighted by atomic mass is 32.2. The number of aliphatic hydroxyl groups excluding tert-OH is 4. The van der Waals surface area contributed by atoms with E-state index >= 15 is 0 Å². The first-order valence-corrected chi connectivity index (χ1v) is 7.61. The summed E-state index contributed by atoms with van der Waals surface area (Å²) in [4.78, 5) is 1.98. The number of nitrogens with zero attached hydrogens (tertiary/aromatic N) is 1. The SMILES string of the molecule is CCN(CC)C(=S)SC[C@H]1OC(O)[C@H](O)[C@@H](O)[C@H]1O. The van der Waals surface area contributed by atoms with Gasteiger partial charge in [0, 0.05) is 18.8 Å². The second-order valence-corrected chi connectivity index (χ2v) is 5.94. The molecule has 8 heteroatoms. The van der Waals surface area contributed by atoms with E-state index in [-0.39, 0.29) is 0 Å². The molecule has 0 bridgehead atoms. The molecule has 0 spiro atoms. The van der Waals surface area contributed by atoms with Crippen LogP contribution in [0.4, 0.5) is 0 Å². The zero-order valence-electron chi connectivity index (χ0n) is 11.0. The normalized spacial score (nSPS) is 35.2. The Kier molecular flexibility index (Phi) is 6.95. The molecule has 1 aliphatic rings. The van der Waals surface area contributed by atoms with E-state index in [1.165, 1.54) is 11.8 Å². The van der Waals surface area contributed by atoms with Crippen molar-refractivity contribution in [1.82, 2.24) is 4.90 Å². The van der Waals surface area contributed by atoms with E-state index in [2.05, 4.69) is 0 Å². The number of hydrogen-bond acceptors (Lipinski definition) is 7. The van der Waals surface area contributed by atoms with Crippen molar-refractivity contribution >= 4 is 28.3 Å². The van der Waals surface area contributed by atoms with Gasteiger partial charge < -0.3 is 30.1 Å². The van der Waals surface area contributed by atoms with Crippen molar-refractivity contribution in [3.8, 4) is 0 Å². The van der Waals surface area contributed by atoms with Crippen LogP contribution in [0.3, 0.4) is 0 Å². The van der Waals surface area contributed by atoms with Crippen LogP contribution in [-0.4, -0.2) is 79.2 Å². The molecular weight excluding hydrogens is 290 g/mol. The molecule has 1 rings (SSSR count). The van der Waals surface area contributed by atoms with Crippen LogP contribution in [0.25, 0.3) is 0 Å². The molecule has 0 aliphatic carbocycles. The second kappa shape index (κ2) is 7.72. The summed E-state index contributed by atoms with van der Waals surface area (Å²) >= 11 is 6.56. The summed E-state index contributed by atoms with van der Waals surface area (Å²) in [6, 6.07) is 0. The van der Waals surface area contributed by atoms with E-state index in [1.807, 2.05) is 18.7 Å². The lowest BCUT2D eigenvalue weighted by Crippen LogP contribution is -2.58. The fraction of sp³-hybridized carbons (Fsp3) is 0.909. The molecule has 112 valence electrons. The lowest BCUT2D eigenvalue weighted by molar-refractivity contribution is -0.276. The van der Waals surface area contributed by atoms with Gasteiger partial charge in [-0.3, -0.25) is 0 Å². The number of hydrogen-bond donors (Lipinski definition) is 4. The maximum Gasteiger partial charge on any atom is 0.183 e. The third kappa shape index (κ3) is 4.25. The lowest BCUT2D eigenvalue weighted by atomic mass is 10.0. The Balaban J connectivity index is 2.51. The first-order valence-electron chi connectivity index (χ1n) is 6.21. The Hall–Kier alpha value is 0.0400. The molecule has 1 unspecified atom stereocenters. The molecule has 0 saturated carbocycles. The van der Waals surface area contributed by atoms with Crippen molar-refractivity contribution in [1.29, 1.82) is 0 Å². The highest BCUT2D eigenvalue weighted by molar-refractivity contribution is 8.22. The molecule has 0 aromatic heterocycles. The Labute approximate surface area is 122 Å². The Morgan fingerprint density at radius 3 is 2.21 bits per heavy atom. The maximum absolute atomic E-state index is 9.78. The highest BCUT2D eigenvalue weighted by Crippen LogP contribution is 2.23. The maximum atomic E-state index is 9.78. The Morgan fingerprint density at radius 1 is 1.11 bits per heavy atom. The van der Waals surface area contributed by atoms with Gasteiger partial charge >= 0.3 is 0 Å². The van der Waals surface area contributed by atoms with Crippen molar-refractivity contribution in [3.63, 3.8) is 0 Å². The number of thiocarbonyl (C=S) groups is 1. The van der Waals surface area contributed by atoms with E-state index in [0.29, 0.717) is 10.1 Å². The summed E-state index contributed by atoms with van der Waals surface area (Å²) < 4.78 is 5.75. The molecule has 0 aromatic rings. The molecule has 4 N–H and O–H groups in total. The smallest absolute Gasteiger partial charge is 0.183 e. The van der Waals surface area contributed by atoms with Crippen molar-refractivity contribution in [2.45, 2.75) is 44.6 Å². The summed E-state index contributed by atoms with van der Waals surface area (Å²) in [5.74, 6) is 0.303. The molecule has 1 fully saturated rings. The van der Waals surface area contributed by atoms with Gasteiger partial charge in [0.1, 0.15) is 22.6 Å². The molecular formula is C11H21NO5S2. The number of thioether (sulfide) groups is 1. The van der Waals surface area contributed by atoms with Gasteiger partial charge in [0.2, 0.25) is 0 Å². The molecule has 0 amide bonds. The van der Waals surface area contributed by atoms with Crippen LogP contribution in [0, 0.1) is 0 Å². The van der Waals surface area contributed by atoms with Crippen molar-refractivity contribution in [2.75, 3.05) is 18.8 Å². The topological polar surface area (TPSA) is 93.4 Å². The molecule has 1 aliphatic heterocycles. The van der Waals surface area contributed by atoms with Gasteiger partial charge in [-0.1, -0.05) is 24.0 Å². The molecule has 6 nitrogen and oxygen atoms in total. The summed E-state index contributed by atoms with van der Waals surface area (Å²) in [7, 11) is 0. The van der Waals surface area contributed by atoms with Gasteiger partial charge in [-0.05, 0) is 13.8 Å². The van der Waals surface area contributed by atoms with Gasteiger partial charge in [0.05, 0.1) is 6.10 Å². The van der Waals surface area contributed by atoms with Crippen molar-refractivity contribution < 1.29 is 25.2 Å². The predicted molar refractivity (Wildman–Crippen MR) is 76.9 cm³/mol. The summed E-state index contributed by atoms with van der Waals surface area (Å²) in [5, 5.41) is 38.1. The fourth-order valence-corrected chi connectivity index (χ4v) is 3.28. The quantitative estimate of drug-likeness (QED) is 0.499. The van der Waals surface area contributed by atoms with E-state index in [1.54, 1.807) is 0 Å². The second-order valence-electron chi connectivity index (χ2n) is 4.29. The number of aliphatic hydroxyl groups is 4. The zero-order valence-corrected chi connectivity index (χ0v) is 12.6. The van der Waals surface area contributed by atoms with Gasteiger partial charge in [-0.15, -0.1) is 0 Å². The first-order chi connectivity index (χ1) is 8.92. The minimum absolute atomic E-state index is 0.303. The first kappa shape index (κ1) is 17.1. The molecule has 0 radical (unpaired) electrons. The van der Waals surface area contributed by atoms with Gasteiger partial charge in [0.25, 0.3) is 0 Å². The van der Waals surface area contributed by atoms with Crippen LogP contribution in [0.15, 0.2) is 0 Å². The number of rotatable bonds is 4. The van der Waals surface area contributed by atoms with Gasteiger partial charge in [-0.25, -0.2) is 0 Å². The van der Waals surface area contributed by atoms with E-state index in [4.69, 9.17) is 17.0 Å². The molecule has 1 saturated heterocycles. The zero-order chi connectivity index (χ0) is 14.6. The van der Waals surface area contributed by atoms with E-state index in [9.17, 15) is 20.4 Å². The standard InChI is InChI=1S/C11H21NO5S2/c1-3-12(4-2)11(18)19-5-6-7(13)8(14)9(15)10(16)17-6/h6-10,13-16H,3-5H2,1-2H3/t6-,7+,8+,9-,10?/m1/s1. The summed E-state index contributed by atoms with van der Waals surface area (Å²) in [6.45, 7) is 5.57. The Bertz CT molecular complexity index is 303. The average molecular weight is 311 g/mol. The van der Waals surface area contributed by atoms with Crippen LogP contribution in [0.5, 0.6) is 0 Å². The Morgan fingerprint density at radius 2 is 1.68 bits per heavy atom. The predicted octanol–water partition coefficient (Wildman–Crippen LogP) is -0.854. The van der Waals surface area contributed by atoms with Crippen LogP contribution in [-0.2, 0) is 4.74 Å². The van der Waals surface area contributed by atoms with E-state index in [0.717, 1.165) is 13.1 Å². The molecule has 0 aromatic carbocycles. The molecule has 1 heterocycles. The van der Waals surface area contributed by atoms with Crippen LogP contribution in [0.2, 0.25) is 0 Å². The van der Waals surface area contributed by atoms with Gasteiger partial charge in [-0.2, -0.15) is 0 Å². The third-order valence-electron chi connectivity index (χ3n) is 3.08. The highest BCUT2D eigenvalue weighted by Gasteiger charge is 2.42. The van der Waals surface area contributed by atoms with E-state index < -0.39 is 30.7 Å². The number of ether oxygens (including phenoxy) is 1. The van der Waals surface area contributed by atoms with Crippen molar-refractivity contribution in [3.05, 3.63) is 0 Å². The minimum Gasteiger partial charge on any atom is -0.388 e. The third-order valence-corrected chi connectivity index (χ3v) is 4.69. The molecule has 5 atom stereocenters. The van der Waals surface area contributed by atoms with Crippen LogP contribution < -0.4 is 0 Å². The fourth-order valence-electron chi connectivity index (χ4n) is 1.80. The van der Waals surface area contributed by atoms with Crippen LogP contribution in [0.1, 0.15) is 13.8 Å². The average Bonchev–Trinajstić information content (AvgIpc) is 2.40. The van der Waals surface area contributed by atoms with Crippen molar-refractivity contribution in [2.24, 2.45) is 0 Å². The summed E-state index contributed by atoms with van der Waals surface area (Å²) in [6.07, 6.45) is -6.43. The summed E-state index contributed by atoms with van der Waals surface area (Å²) in [5.41, 5.74) is 0.